The molecule has 6 nitrogen and oxygen atoms in total. The van der Waals surface area contributed by atoms with Gasteiger partial charge in [-0.2, -0.15) is 13.2 Å². The molecule has 2 N–H and O–H groups in total. The standard InChI is InChI=1S/C29H30F3NO5/c1-28(2,27(35)36)21-10-12-25(37-3)24(16-21)23-11-9-22(29(30,31)32)15-20(23)17-33-14-13-26(34)38-18-19-7-5-4-6-8-19/h4-12,15-16,33H,13-14,17-18H2,1-3H3,(H,35,36). The molecule has 0 unspecified atom stereocenters. The fourth-order valence-electron chi connectivity index (χ4n) is 3.83. The Bertz CT molecular complexity index is 1270. The van der Waals surface area contributed by atoms with Crippen LogP contribution >= 0.6 is 0 Å². The van der Waals surface area contributed by atoms with Crippen molar-refractivity contribution < 1.29 is 37.3 Å². The van der Waals surface area contributed by atoms with E-state index in [2.05, 4.69) is 5.32 Å². The highest BCUT2D eigenvalue weighted by molar-refractivity contribution is 5.82. The van der Waals surface area contributed by atoms with E-state index in [9.17, 15) is 27.9 Å². The van der Waals surface area contributed by atoms with Gasteiger partial charge in [-0.3, -0.25) is 9.59 Å². The first-order chi connectivity index (χ1) is 17.9. The Morgan fingerprint density at radius 1 is 0.921 bits per heavy atom. The summed E-state index contributed by atoms with van der Waals surface area (Å²) in [7, 11) is 1.43. The quantitative estimate of drug-likeness (QED) is 0.235. The van der Waals surface area contributed by atoms with Crippen LogP contribution in [0.25, 0.3) is 11.1 Å². The molecular formula is C29H30F3NO5. The molecule has 0 aliphatic heterocycles. The maximum Gasteiger partial charge on any atom is 0.416 e. The number of rotatable bonds is 11. The first-order valence-electron chi connectivity index (χ1n) is 12.0. The van der Waals surface area contributed by atoms with Gasteiger partial charge >= 0.3 is 18.1 Å². The zero-order valence-corrected chi connectivity index (χ0v) is 21.4. The molecule has 0 aliphatic carbocycles. The fourth-order valence-corrected chi connectivity index (χ4v) is 3.83. The number of alkyl halides is 3. The highest BCUT2D eigenvalue weighted by Crippen LogP contribution is 2.39. The molecule has 9 heteroatoms. The molecule has 0 spiro atoms. The normalized spacial score (nSPS) is 11.7. The number of ether oxygens (including phenoxy) is 2. The monoisotopic (exact) mass is 529 g/mol. The van der Waals surface area contributed by atoms with E-state index >= 15 is 0 Å². The van der Waals surface area contributed by atoms with Crippen molar-refractivity contribution in [3.05, 3.63) is 89.0 Å². The van der Waals surface area contributed by atoms with E-state index in [-0.39, 0.29) is 26.1 Å². The number of benzene rings is 3. The largest absolute Gasteiger partial charge is 0.496 e. The van der Waals surface area contributed by atoms with E-state index in [0.717, 1.165) is 17.7 Å². The van der Waals surface area contributed by atoms with E-state index in [1.807, 2.05) is 30.3 Å². The average molecular weight is 530 g/mol. The van der Waals surface area contributed by atoms with Crippen molar-refractivity contribution in [2.75, 3.05) is 13.7 Å². The number of carbonyl (C=O) groups is 2. The van der Waals surface area contributed by atoms with Crippen LogP contribution in [-0.4, -0.2) is 30.7 Å². The zero-order chi connectivity index (χ0) is 27.9. The zero-order valence-electron chi connectivity index (χ0n) is 21.4. The smallest absolute Gasteiger partial charge is 0.416 e. The number of aliphatic carboxylic acids is 1. The Kier molecular flexibility index (Phi) is 9.17. The molecule has 0 saturated heterocycles. The molecule has 0 aliphatic rings. The van der Waals surface area contributed by atoms with Crippen molar-refractivity contribution in [2.24, 2.45) is 0 Å². The summed E-state index contributed by atoms with van der Waals surface area (Å²) in [6.07, 6.45) is -4.52. The number of esters is 1. The predicted molar refractivity (Wildman–Crippen MR) is 137 cm³/mol. The van der Waals surface area contributed by atoms with E-state index in [1.165, 1.54) is 13.2 Å². The molecule has 0 heterocycles. The molecule has 0 atom stereocenters. The van der Waals surface area contributed by atoms with Gasteiger partial charge in [-0.25, -0.2) is 0 Å². The molecule has 38 heavy (non-hydrogen) atoms. The van der Waals surface area contributed by atoms with Gasteiger partial charge in [0.15, 0.2) is 0 Å². The number of carboxylic acid groups (broad SMARTS) is 1. The van der Waals surface area contributed by atoms with Gasteiger partial charge in [-0.15, -0.1) is 0 Å². The van der Waals surface area contributed by atoms with Crippen LogP contribution in [0.4, 0.5) is 13.2 Å². The maximum atomic E-state index is 13.5. The van der Waals surface area contributed by atoms with Gasteiger partial charge in [0.25, 0.3) is 0 Å². The first kappa shape index (κ1) is 28.7. The number of nitrogens with one attached hydrogen (secondary N) is 1. The summed E-state index contributed by atoms with van der Waals surface area (Å²) in [5.41, 5.74) is 0.516. The summed E-state index contributed by atoms with van der Waals surface area (Å²) in [6, 6.07) is 17.4. The molecule has 0 amide bonds. The number of halogens is 3. The fraction of sp³-hybridized carbons (Fsp3) is 0.310. The first-order valence-corrected chi connectivity index (χ1v) is 12.0. The molecule has 0 radical (unpaired) electrons. The topological polar surface area (TPSA) is 84.9 Å². The van der Waals surface area contributed by atoms with E-state index in [0.29, 0.717) is 28.0 Å². The molecule has 0 saturated carbocycles. The number of hydrogen-bond acceptors (Lipinski definition) is 5. The minimum atomic E-state index is -4.55. The second-order valence-corrected chi connectivity index (χ2v) is 9.29. The summed E-state index contributed by atoms with van der Waals surface area (Å²) >= 11 is 0. The van der Waals surface area contributed by atoms with Crippen LogP contribution in [0.3, 0.4) is 0 Å². The van der Waals surface area contributed by atoms with Crippen molar-refractivity contribution in [1.82, 2.24) is 5.32 Å². The van der Waals surface area contributed by atoms with Crippen LogP contribution < -0.4 is 10.1 Å². The van der Waals surface area contributed by atoms with Crippen LogP contribution in [0.1, 0.15) is 42.5 Å². The average Bonchev–Trinajstić information content (AvgIpc) is 2.89. The number of carboxylic acids is 1. The molecule has 0 bridgehead atoms. The Hall–Kier alpha value is -3.85. The van der Waals surface area contributed by atoms with Crippen molar-refractivity contribution in [2.45, 2.75) is 45.0 Å². The Morgan fingerprint density at radius 2 is 1.61 bits per heavy atom. The molecule has 3 rings (SSSR count). The molecule has 3 aromatic rings. The van der Waals surface area contributed by atoms with Crippen molar-refractivity contribution in [3.63, 3.8) is 0 Å². The van der Waals surface area contributed by atoms with Crippen LogP contribution in [-0.2, 0) is 39.1 Å². The molecule has 3 aromatic carbocycles. The molecule has 0 aromatic heterocycles. The van der Waals surface area contributed by atoms with E-state index < -0.39 is 29.1 Å². The van der Waals surface area contributed by atoms with Crippen molar-refractivity contribution in [1.29, 1.82) is 0 Å². The summed E-state index contributed by atoms with van der Waals surface area (Å²) in [5, 5.41) is 12.7. The van der Waals surface area contributed by atoms with Gasteiger partial charge in [-0.1, -0.05) is 42.5 Å². The van der Waals surface area contributed by atoms with E-state index in [1.54, 1.807) is 32.0 Å². The lowest BCUT2D eigenvalue weighted by Gasteiger charge is -2.23. The van der Waals surface area contributed by atoms with Crippen LogP contribution in [0.2, 0.25) is 0 Å². The lowest BCUT2D eigenvalue weighted by Crippen LogP contribution is -2.28. The second kappa shape index (κ2) is 12.1. The van der Waals surface area contributed by atoms with Gasteiger partial charge in [0.05, 0.1) is 24.5 Å². The van der Waals surface area contributed by atoms with Gasteiger partial charge in [-0.05, 0) is 60.4 Å². The molecular weight excluding hydrogens is 499 g/mol. The number of carbonyl (C=O) groups excluding carboxylic acids is 1. The van der Waals surface area contributed by atoms with Gasteiger partial charge < -0.3 is 19.9 Å². The maximum absolute atomic E-state index is 13.5. The van der Waals surface area contributed by atoms with E-state index in [4.69, 9.17) is 9.47 Å². The minimum absolute atomic E-state index is 0.0287. The Morgan fingerprint density at radius 3 is 2.24 bits per heavy atom. The third-order valence-corrected chi connectivity index (χ3v) is 6.24. The predicted octanol–water partition coefficient (Wildman–Crippen LogP) is 5.97. The highest BCUT2D eigenvalue weighted by Gasteiger charge is 2.32. The number of hydrogen-bond donors (Lipinski definition) is 2. The number of methoxy groups -OCH3 is 1. The Labute approximate surface area is 219 Å². The van der Waals surface area contributed by atoms with Crippen LogP contribution in [0.5, 0.6) is 5.75 Å². The summed E-state index contributed by atoms with van der Waals surface area (Å²) in [4.78, 5) is 23.9. The summed E-state index contributed by atoms with van der Waals surface area (Å²) in [6.45, 7) is 3.45. The highest BCUT2D eigenvalue weighted by atomic mass is 19.4. The minimum Gasteiger partial charge on any atom is -0.496 e. The third kappa shape index (κ3) is 7.13. The molecule has 0 fully saturated rings. The van der Waals surface area contributed by atoms with Gasteiger partial charge in [0.2, 0.25) is 0 Å². The van der Waals surface area contributed by atoms with Crippen LogP contribution in [0.15, 0.2) is 66.7 Å². The van der Waals surface area contributed by atoms with Crippen LogP contribution in [0, 0.1) is 0 Å². The lowest BCUT2D eigenvalue weighted by molar-refractivity contribution is -0.145. The summed E-state index contributed by atoms with van der Waals surface area (Å²) in [5.74, 6) is -1.08. The van der Waals surface area contributed by atoms with Crippen molar-refractivity contribution in [3.8, 4) is 16.9 Å². The van der Waals surface area contributed by atoms with Crippen molar-refractivity contribution >= 4 is 11.9 Å². The Balaban J connectivity index is 1.82. The second-order valence-electron chi connectivity index (χ2n) is 9.29. The SMILES string of the molecule is COc1ccc(C(C)(C)C(=O)O)cc1-c1ccc(C(F)(F)F)cc1CNCCC(=O)OCc1ccccc1. The lowest BCUT2D eigenvalue weighted by atomic mass is 9.82. The summed E-state index contributed by atoms with van der Waals surface area (Å²) < 4.78 is 51.2. The van der Waals surface area contributed by atoms with Gasteiger partial charge in [0, 0.05) is 18.7 Å². The molecule has 202 valence electrons. The third-order valence-electron chi connectivity index (χ3n) is 6.24. The van der Waals surface area contributed by atoms with Gasteiger partial charge in [0.1, 0.15) is 12.4 Å².